The number of rotatable bonds is 6. The van der Waals surface area contributed by atoms with Crippen molar-refractivity contribution in [1.29, 1.82) is 0 Å². The highest BCUT2D eigenvalue weighted by molar-refractivity contribution is 5.69. The molecule has 12 heavy (non-hydrogen) atoms. The van der Waals surface area contributed by atoms with Gasteiger partial charge in [0.1, 0.15) is 0 Å². The minimum Gasteiger partial charge on any atom is -0.480 e. The average molecular weight is 173 g/mol. The van der Waals surface area contributed by atoms with E-state index in [1.165, 1.54) is 0 Å². The first-order valence-corrected chi connectivity index (χ1v) is 4.50. The van der Waals surface area contributed by atoms with Gasteiger partial charge >= 0.3 is 5.97 Å². The molecule has 0 saturated carbocycles. The number of nitrogens with zero attached hydrogens (tertiary/aromatic N) is 1. The van der Waals surface area contributed by atoms with Crippen LogP contribution in [0.2, 0.25) is 0 Å². The van der Waals surface area contributed by atoms with Crippen LogP contribution in [0.3, 0.4) is 0 Å². The minimum absolute atomic E-state index is 0.173. The molecule has 0 aromatic heterocycles. The Balaban J connectivity index is 3.77. The van der Waals surface area contributed by atoms with E-state index >= 15 is 0 Å². The van der Waals surface area contributed by atoms with Gasteiger partial charge in [0.05, 0.1) is 6.54 Å². The van der Waals surface area contributed by atoms with Crippen LogP contribution >= 0.6 is 0 Å². The highest BCUT2D eigenvalue weighted by Crippen LogP contribution is 1.99. The van der Waals surface area contributed by atoms with Crippen molar-refractivity contribution < 1.29 is 9.90 Å². The second-order valence-electron chi connectivity index (χ2n) is 3.52. The van der Waals surface area contributed by atoms with Crippen LogP contribution in [-0.4, -0.2) is 35.6 Å². The number of hydrogen-bond acceptors (Lipinski definition) is 2. The molecule has 0 aromatic carbocycles. The van der Waals surface area contributed by atoms with Gasteiger partial charge in [-0.25, -0.2) is 0 Å². The molecule has 0 atom stereocenters. The lowest BCUT2D eigenvalue weighted by Gasteiger charge is -2.21. The van der Waals surface area contributed by atoms with Crippen LogP contribution in [0.4, 0.5) is 0 Å². The van der Waals surface area contributed by atoms with Gasteiger partial charge < -0.3 is 5.11 Å². The molecule has 1 N–H and O–H groups in total. The maximum Gasteiger partial charge on any atom is 0.317 e. The minimum atomic E-state index is -0.732. The normalized spacial score (nSPS) is 11.1. The molecule has 72 valence electrons. The number of hydrogen-bond donors (Lipinski definition) is 1. The lowest BCUT2D eigenvalue weighted by molar-refractivity contribution is -0.138. The average Bonchev–Trinajstić information content (AvgIpc) is 1.84. The number of aliphatic carboxylic acids is 1. The third-order valence-corrected chi connectivity index (χ3v) is 1.52. The quantitative estimate of drug-likeness (QED) is 0.660. The lowest BCUT2D eigenvalue weighted by atomic mass is 10.2. The molecule has 3 nitrogen and oxygen atoms in total. The van der Waals surface area contributed by atoms with E-state index in [4.69, 9.17) is 5.11 Å². The molecule has 0 radical (unpaired) electrons. The van der Waals surface area contributed by atoms with E-state index in [0.717, 1.165) is 19.5 Å². The van der Waals surface area contributed by atoms with Gasteiger partial charge in [-0.2, -0.15) is 0 Å². The van der Waals surface area contributed by atoms with E-state index in [1.54, 1.807) is 0 Å². The SMILES string of the molecule is CCCN(CC(=O)O)CC(C)C. The Labute approximate surface area is 74.4 Å². The smallest absolute Gasteiger partial charge is 0.317 e. The fourth-order valence-electron chi connectivity index (χ4n) is 1.26. The molecule has 0 amide bonds. The third-order valence-electron chi connectivity index (χ3n) is 1.52. The van der Waals surface area contributed by atoms with Gasteiger partial charge in [0.25, 0.3) is 0 Å². The van der Waals surface area contributed by atoms with Gasteiger partial charge in [-0.15, -0.1) is 0 Å². The molecule has 0 rings (SSSR count). The predicted molar refractivity (Wildman–Crippen MR) is 49.2 cm³/mol. The summed E-state index contributed by atoms with van der Waals surface area (Å²) in [7, 11) is 0. The van der Waals surface area contributed by atoms with Crippen LogP contribution in [-0.2, 0) is 4.79 Å². The van der Waals surface area contributed by atoms with Crippen molar-refractivity contribution >= 4 is 5.97 Å². The first-order chi connectivity index (χ1) is 5.56. The predicted octanol–water partition coefficient (Wildman–Crippen LogP) is 1.44. The fourth-order valence-corrected chi connectivity index (χ4v) is 1.26. The Morgan fingerprint density at radius 2 is 2.08 bits per heavy atom. The van der Waals surface area contributed by atoms with Gasteiger partial charge in [0.15, 0.2) is 0 Å². The Morgan fingerprint density at radius 1 is 1.50 bits per heavy atom. The second kappa shape index (κ2) is 6.00. The largest absolute Gasteiger partial charge is 0.480 e. The van der Waals surface area contributed by atoms with Gasteiger partial charge in [-0.05, 0) is 18.9 Å². The number of carbonyl (C=O) groups is 1. The molecule has 0 aliphatic rings. The van der Waals surface area contributed by atoms with Crippen LogP contribution in [0.5, 0.6) is 0 Å². The van der Waals surface area contributed by atoms with Crippen molar-refractivity contribution in [2.75, 3.05) is 19.6 Å². The Kier molecular flexibility index (Phi) is 5.72. The van der Waals surface area contributed by atoms with Gasteiger partial charge in [-0.1, -0.05) is 20.8 Å². The van der Waals surface area contributed by atoms with E-state index in [9.17, 15) is 4.79 Å². The summed E-state index contributed by atoms with van der Waals surface area (Å²) in [4.78, 5) is 12.4. The summed E-state index contributed by atoms with van der Waals surface area (Å²) in [5.74, 6) is -0.194. The van der Waals surface area contributed by atoms with Crippen molar-refractivity contribution in [1.82, 2.24) is 4.90 Å². The fraction of sp³-hybridized carbons (Fsp3) is 0.889. The molecule has 0 aliphatic heterocycles. The van der Waals surface area contributed by atoms with Gasteiger partial charge in [-0.3, -0.25) is 9.69 Å². The zero-order valence-corrected chi connectivity index (χ0v) is 8.21. The molecular weight excluding hydrogens is 154 g/mol. The van der Waals surface area contributed by atoms with Crippen molar-refractivity contribution in [2.45, 2.75) is 27.2 Å². The molecule has 0 aliphatic carbocycles. The molecule has 0 unspecified atom stereocenters. The summed E-state index contributed by atoms with van der Waals surface area (Å²) in [6.07, 6.45) is 1.01. The molecular formula is C9H19NO2. The summed E-state index contributed by atoms with van der Waals surface area (Å²) in [6.45, 7) is 8.20. The maximum atomic E-state index is 10.4. The zero-order chi connectivity index (χ0) is 9.56. The lowest BCUT2D eigenvalue weighted by Crippen LogP contribution is -2.33. The van der Waals surface area contributed by atoms with Crippen molar-refractivity contribution in [2.24, 2.45) is 5.92 Å². The van der Waals surface area contributed by atoms with E-state index in [2.05, 4.69) is 20.8 Å². The second-order valence-corrected chi connectivity index (χ2v) is 3.52. The summed E-state index contributed by atoms with van der Waals surface area (Å²) in [6, 6.07) is 0. The standard InChI is InChI=1S/C9H19NO2/c1-4-5-10(6-8(2)3)7-9(11)12/h8H,4-7H2,1-3H3,(H,11,12). The van der Waals surface area contributed by atoms with Crippen LogP contribution in [0.15, 0.2) is 0 Å². The molecule has 0 heterocycles. The first-order valence-electron chi connectivity index (χ1n) is 4.50. The highest BCUT2D eigenvalue weighted by atomic mass is 16.4. The Morgan fingerprint density at radius 3 is 2.42 bits per heavy atom. The van der Waals surface area contributed by atoms with Gasteiger partial charge in [0.2, 0.25) is 0 Å². The Hall–Kier alpha value is -0.570. The van der Waals surface area contributed by atoms with Crippen molar-refractivity contribution in [3.63, 3.8) is 0 Å². The maximum absolute atomic E-state index is 10.4. The third kappa shape index (κ3) is 6.16. The number of carboxylic acid groups (broad SMARTS) is 1. The number of carboxylic acids is 1. The highest BCUT2D eigenvalue weighted by Gasteiger charge is 2.09. The summed E-state index contributed by atoms with van der Waals surface area (Å²) in [5.41, 5.74) is 0. The van der Waals surface area contributed by atoms with Gasteiger partial charge in [0, 0.05) is 6.54 Å². The van der Waals surface area contributed by atoms with Crippen molar-refractivity contribution in [3.8, 4) is 0 Å². The molecule has 0 bridgehead atoms. The zero-order valence-electron chi connectivity index (χ0n) is 8.21. The molecule has 3 heteroatoms. The summed E-state index contributed by atoms with van der Waals surface area (Å²) < 4.78 is 0. The van der Waals surface area contributed by atoms with Crippen LogP contribution in [0.25, 0.3) is 0 Å². The molecule has 0 aromatic rings. The van der Waals surface area contributed by atoms with Crippen LogP contribution in [0.1, 0.15) is 27.2 Å². The van der Waals surface area contributed by atoms with Crippen LogP contribution in [0, 0.1) is 5.92 Å². The van der Waals surface area contributed by atoms with E-state index in [0.29, 0.717) is 5.92 Å². The van der Waals surface area contributed by atoms with Crippen LogP contribution < -0.4 is 0 Å². The topological polar surface area (TPSA) is 40.5 Å². The molecule has 0 spiro atoms. The monoisotopic (exact) mass is 173 g/mol. The van der Waals surface area contributed by atoms with E-state index < -0.39 is 5.97 Å². The molecule has 0 saturated heterocycles. The first kappa shape index (κ1) is 11.4. The Bertz CT molecular complexity index is 134. The molecule has 0 fully saturated rings. The van der Waals surface area contributed by atoms with E-state index in [-0.39, 0.29) is 6.54 Å². The van der Waals surface area contributed by atoms with E-state index in [1.807, 2.05) is 4.90 Å². The summed E-state index contributed by atoms with van der Waals surface area (Å²) >= 11 is 0. The van der Waals surface area contributed by atoms with Crippen molar-refractivity contribution in [3.05, 3.63) is 0 Å². The summed E-state index contributed by atoms with van der Waals surface area (Å²) in [5, 5.41) is 8.58.